The fourth-order valence-electron chi connectivity index (χ4n) is 5.91. The molecule has 1 aromatic heterocycles. The molecule has 2 fully saturated rings. The van der Waals surface area contributed by atoms with Crippen LogP contribution in [0.3, 0.4) is 0 Å². The second-order valence-corrected chi connectivity index (χ2v) is 13.0. The van der Waals surface area contributed by atoms with Crippen molar-refractivity contribution in [1.29, 1.82) is 0 Å². The third-order valence-electron chi connectivity index (χ3n) is 8.24. The van der Waals surface area contributed by atoms with Crippen molar-refractivity contribution in [2.24, 2.45) is 7.05 Å². The van der Waals surface area contributed by atoms with Crippen LogP contribution in [-0.2, 0) is 36.4 Å². The summed E-state index contributed by atoms with van der Waals surface area (Å²) in [5.41, 5.74) is 7.03. The van der Waals surface area contributed by atoms with E-state index in [-0.39, 0.29) is 40.8 Å². The number of halogens is 1. The number of piperidine rings is 1. The van der Waals surface area contributed by atoms with E-state index >= 15 is 4.39 Å². The molecular formula is C32H24FN7O8S. The van der Waals surface area contributed by atoms with Gasteiger partial charge in [-0.15, -0.1) is 0 Å². The van der Waals surface area contributed by atoms with Gasteiger partial charge in [-0.25, -0.2) is 18.2 Å². The maximum atomic E-state index is 15.4. The van der Waals surface area contributed by atoms with E-state index in [0.717, 1.165) is 6.07 Å². The van der Waals surface area contributed by atoms with Crippen molar-refractivity contribution in [3.63, 3.8) is 0 Å². The van der Waals surface area contributed by atoms with Crippen LogP contribution in [0.4, 0.5) is 21.5 Å². The Balaban J connectivity index is 1.10. The maximum Gasteiger partial charge on any atom is 0.329 e. The summed E-state index contributed by atoms with van der Waals surface area (Å²) < 4.78 is 44.7. The highest BCUT2D eigenvalue weighted by atomic mass is 32.2. The molecule has 0 saturated carbocycles. The van der Waals surface area contributed by atoms with Gasteiger partial charge in [-0.2, -0.15) is 8.42 Å². The number of fused-ring (bicyclic) bond motifs is 2. The summed E-state index contributed by atoms with van der Waals surface area (Å²) in [5, 5.41) is 18.6. The summed E-state index contributed by atoms with van der Waals surface area (Å²) in [6, 6.07) is 9.52. The number of anilines is 3. The molecule has 17 heteroatoms. The van der Waals surface area contributed by atoms with Crippen molar-refractivity contribution in [2.75, 3.05) is 21.5 Å². The lowest BCUT2D eigenvalue weighted by Gasteiger charge is -2.21. The first-order valence-corrected chi connectivity index (χ1v) is 16.1. The van der Waals surface area contributed by atoms with E-state index in [4.69, 9.17) is 0 Å². The highest BCUT2D eigenvalue weighted by molar-refractivity contribution is 7.92. The Kier molecular flexibility index (Phi) is 7.25. The standard InChI is InChI=1S/C32H24FN7O8S/c1-38-24-14-20(7-9-22(24)40(32(38)46)23-10-11-26(42)36-31(23)45)34-18-4-2-16(3-5-18)30(44)35-19-6-8-21-17(12-19)13-25(41)29(28(21)33)39-15-27(43)37-49(39,47)48/h2,4,6-9,12-14,23,34,41H,10-11,15H2,1H3,(H,35,44)(H,37,43)(H,36,42,45). The first-order chi connectivity index (χ1) is 23.3. The SMILES string of the molecule is Cn1c(=O)n(C2CCC(=O)NC2=O)c2ccc(NC3=C=C=C(C(=O)Nc4ccc5c(F)c(N6CC(=O)NS6(=O)=O)c(O)cc5c4)C=C3)cc21. The number of carbonyl (C=O) groups is 4. The van der Waals surface area contributed by atoms with Crippen molar-refractivity contribution >= 4 is 72.7 Å². The van der Waals surface area contributed by atoms with Gasteiger partial charge in [-0.3, -0.25) is 33.6 Å². The van der Waals surface area contributed by atoms with Gasteiger partial charge >= 0.3 is 15.9 Å². The molecule has 15 nitrogen and oxygen atoms in total. The van der Waals surface area contributed by atoms with Gasteiger partial charge < -0.3 is 15.7 Å². The molecule has 3 heterocycles. The maximum absolute atomic E-state index is 15.4. The van der Waals surface area contributed by atoms with Crippen LogP contribution < -0.4 is 30.7 Å². The molecule has 0 radical (unpaired) electrons. The number of hydrogen-bond donors (Lipinski definition) is 5. The molecular weight excluding hydrogens is 661 g/mol. The molecule has 248 valence electrons. The van der Waals surface area contributed by atoms with Crippen LogP contribution in [-0.4, -0.2) is 52.8 Å². The Morgan fingerprint density at radius 3 is 2.47 bits per heavy atom. The fourth-order valence-corrected chi connectivity index (χ4v) is 7.08. The predicted octanol–water partition coefficient (Wildman–Crippen LogP) is 1.68. The minimum Gasteiger partial charge on any atom is -0.506 e. The van der Waals surface area contributed by atoms with Crippen LogP contribution >= 0.6 is 0 Å². The highest BCUT2D eigenvalue weighted by Crippen LogP contribution is 2.39. The zero-order chi connectivity index (χ0) is 34.8. The van der Waals surface area contributed by atoms with Crippen LogP contribution in [0.5, 0.6) is 5.75 Å². The lowest BCUT2D eigenvalue weighted by Crippen LogP contribution is -2.44. The summed E-state index contributed by atoms with van der Waals surface area (Å²) in [6.07, 6.45) is 3.43. The van der Waals surface area contributed by atoms with E-state index in [9.17, 15) is 37.5 Å². The van der Waals surface area contributed by atoms with Crippen molar-refractivity contribution in [3.05, 3.63) is 93.7 Å². The number of phenols is 1. The first kappa shape index (κ1) is 31.2. The van der Waals surface area contributed by atoms with Crippen molar-refractivity contribution in [3.8, 4) is 5.75 Å². The largest absolute Gasteiger partial charge is 0.506 e. The predicted molar refractivity (Wildman–Crippen MR) is 174 cm³/mol. The lowest BCUT2D eigenvalue weighted by atomic mass is 10.1. The molecule has 4 aromatic rings. The molecule has 0 spiro atoms. The number of nitrogens with one attached hydrogen (secondary N) is 4. The molecule has 3 aliphatic rings. The molecule has 2 aliphatic heterocycles. The highest BCUT2D eigenvalue weighted by Gasteiger charge is 2.38. The van der Waals surface area contributed by atoms with Gasteiger partial charge in [0.15, 0.2) is 5.82 Å². The Hall–Kier alpha value is -6.41. The van der Waals surface area contributed by atoms with Crippen LogP contribution in [0, 0.1) is 5.82 Å². The smallest absolute Gasteiger partial charge is 0.329 e. The molecule has 2 saturated heterocycles. The summed E-state index contributed by atoms with van der Waals surface area (Å²) in [6.45, 7) is -0.689. The number of amides is 4. The van der Waals surface area contributed by atoms with Crippen molar-refractivity contribution in [2.45, 2.75) is 18.9 Å². The summed E-state index contributed by atoms with van der Waals surface area (Å²) in [7, 11) is -2.78. The summed E-state index contributed by atoms with van der Waals surface area (Å²) in [4.78, 5) is 61.7. The number of nitrogens with zero attached hydrogens (tertiary/aromatic N) is 3. The van der Waals surface area contributed by atoms with Gasteiger partial charge in [-0.1, -0.05) is 5.73 Å². The minimum absolute atomic E-state index is 0.0542. The zero-order valence-electron chi connectivity index (χ0n) is 25.3. The van der Waals surface area contributed by atoms with E-state index in [2.05, 4.69) is 27.4 Å². The summed E-state index contributed by atoms with van der Waals surface area (Å²) in [5.74, 6) is -4.12. The zero-order valence-corrected chi connectivity index (χ0v) is 26.1. The average molecular weight is 686 g/mol. The number of rotatable bonds is 6. The fraction of sp³-hybridized carbons (Fsp3) is 0.156. The number of imidazole rings is 1. The second kappa shape index (κ2) is 11.4. The lowest BCUT2D eigenvalue weighted by molar-refractivity contribution is -0.135. The first-order valence-electron chi connectivity index (χ1n) is 14.7. The molecule has 1 aliphatic carbocycles. The van der Waals surface area contributed by atoms with E-state index in [1.807, 2.05) is 0 Å². The van der Waals surface area contributed by atoms with E-state index in [1.54, 1.807) is 36.0 Å². The van der Waals surface area contributed by atoms with Crippen LogP contribution in [0.2, 0.25) is 0 Å². The van der Waals surface area contributed by atoms with Crippen LogP contribution in [0.25, 0.3) is 21.8 Å². The Morgan fingerprint density at radius 1 is 1.00 bits per heavy atom. The number of allylic oxidation sites excluding steroid dienone is 1. The Morgan fingerprint density at radius 2 is 1.78 bits per heavy atom. The number of benzene rings is 3. The monoisotopic (exact) mass is 685 g/mol. The molecule has 1 unspecified atom stereocenters. The van der Waals surface area contributed by atoms with Gasteiger partial charge in [0.05, 0.1) is 22.3 Å². The number of hydrogen-bond acceptors (Lipinski definition) is 9. The Labute approximate surface area is 275 Å². The molecule has 0 bridgehead atoms. The van der Waals surface area contributed by atoms with Gasteiger partial charge in [0.2, 0.25) is 11.8 Å². The molecule has 7 rings (SSSR count). The number of aromatic nitrogens is 2. The van der Waals surface area contributed by atoms with Crippen LogP contribution in [0.15, 0.2) is 82.1 Å². The average Bonchev–Trinajstić information content (AvgIpc) is 3.46. The van der Waals surface area contributed by atoms with Crippen molar-refractivity contribution in [1.82, 2.24) is 19.2 Å². The molecule has 49 heavy (non-hydrogen) atoms. The molecule has 4 amide bonds. The van der Waals surface area contributed by atoms with Gasteiger partial charge in [0.1, 0.15) is 24.0 Å². The summed E-state index contributed by atoms with van der Waals surface area (Å²) >= 11 is 0. The quantitative estimate of drug-likeness (QED) is 0.148. The van der Waals surface area contributed by atoms with Gasteiger partial charge in [0, 0.05) is 30.2 Å². The third kappa shape index (κ3) is 5.43. The minimum atomic E-state index is -4.37. The molecule has 3 aromatic carbocycles. The number of phenolic OH excluding ortho intramolecular Hbond substituents is 1. The third-order valence-corrected chi connectivity index (χ3v) is 9.62. The number of carbonyl (C=O) groups excluding carboxylic acids is 4. The topological polar surface area (TPSA) is 201 Å². The number of aryl methyl sites for hydroxylation is 1. The normalized spacial score (nSPS) is 18.4. The Bertz CT molecular complexity index is 2520. The van der Waals surface area contributed by atoms with Crippen LogP contribution in [0.1, 0.15) is 18.9 Å². The molecule has 5 N–H and O–H groups in total. The van der Waals surface area contributed by atoms with Crippen molar-refractivity contribution < 1.29 is 37.1 Å². The van der Waals surface area contributed by atoms with E-state index in [0.29, 0.717) is 26.7 Å². The number of aromatic hydroxyl groups is 1. The second-order valence-electron chi connectivity index (χ2n) is 11.4. The van der Waals surface area contributed by atoms with E-state index < -0.39 is 63.5 Å². The molecule has 1 atom stereocenters. The number of imide groups is 1. The van der Waals surface area contributed by atoms with E-state index in [1.165, 1.54) is 33.4 Å². The van der Waals surface area contributed by atoms with Gasteiger partial charge in [-0.05, 0) is 72.2 Å². The van der Waals surface area contributed by atoms with Gasteiger partial charge in [0.25, 0.3) is 11.8 Å².